The van der Waals surface area contributed by atoms with E-state index in [1.807, 2.05) is 53.4 Å². The Hall–Kier alpha value is -4.45. The van der Waals surface area contributed by atoms with Crippen molar-refractivity contribution in [3.05, 3.63) is 107 Å². The third-order valence-electron chi connectivity index (χ3n) is 12.1. The Morgan fingerprint density at radius 2 is 1.14 bits per heavy atom. The predicted molar refractivity (Wildman–Crippen MR) is 323 cm³/mol. The van der Waals surface area contributed by atoms with Gasteiger partial charge >= 0.3 is 0 Å². The lowest BCUT2D eigenvalue weighted by Crippen LogP contribution is -2.26. The Morgan fingerprint density at radius 3 is 1.69 bits per heavy atom. The van der Waals surface area contributed by atoms with Crippen LogP contribution in [0.25, 0.3) is 33.1 Å². The third kappa shape index (κ3) is 17.8. The van der Waals surface area contributed by atoms with Gasteiger partial charge in [0.05, 0.1) is 51.4 Å². The van der Waals surface area contributed by atoms with Gasteiger partial charge in [-0.25, -0.2) is 15.0 Å². The number of hydrogen-bond acceptors (Lipinski definition) is 22. The van der Waals surface area contributed by atoms with E-state index < -0.39 is 8.07 Å². The molecule has 0 saturated carbocycles. The number of ether oxygens (including phenoxy) is 4. The maximum atomic E-state index is 6.07. The van der Waals surface area contributed by atoms with Gasteiger partial charge in [-0.2, -0.15) is 0 Å². The molecule has 3 fully saturated rings. The van der Waals surface area contributed by atoms with E-state index in [0.29, 0.717) is 23.1 Å². The highest BCUT2D eigenvalue weighted by molar-refractivity contribution is 9.11. The van der Waals surface area contributed by atoms with Gasteiger partial charge in [0.25, 0.3) is 0 Å². The number of nitrogens with one attached hydrogen (secondary N) is 1. The number of hydrogen-bond donors (Lipinski definition) is 2. The molecule has 3 N–H and O–H groups in total. The highest BCUT2D eigenvalue weighted by Gasteiger charge is 2.23. The molecule has 0 aliphatic carbocycles. The summed E-state index contributed by atoms with van der Waals surface area (Å²) in [5.41, 5.74) is 10.5. The van der Waals surface area contributed by atoms with Crippen molar-refractivity contribution in [3.8, 4) is 0 Å². The predicted octanol–water partition coefficient (Wildman–Crippen LogP) is 13.0. The molecule has 0 bridgehead atoms. The standard InChI is InChI=1S/C21H28BrN5O2SSi.C15H14BrN5OS.C8H4BrClN2.C7H11N3OS/c1-31(2,3)10-9-28-14-27(19-7-6-17-18(24-19)11-15(22)13-23-17)21-26-25-20(30-21)12-16-5-4-8-29-16;16-9-6-12-11(17-8-9)3-4-13(18-12)19-15-21-20-14(23-15)7-10-2-1-5-22-10;9-5-3-7-6(11-4-5)1-2-8(10)12-7;8-7-10-9-6(12-7)4-5-2-1-3-11-5/h6-7,11,13,16H,4-5,8-10,12,14H2,1-3H3;3-4,6,8,10H,1-2,5,7H2,(H,18,19,21);1-4H;5H,1-4H2,(H2,8,10). The van der Waals surface area contributed by atoms with Gasteiger partial charge in [-0.15, -0.1) is 30.6 Å². The summed E-state index contributed by atoms with van der Waals surface area (Å²) in [5.74, 6) is 1.51. The zero-order valence-electron chi connectivity index (χ0n) is 43.0. The van der Waals surface area contributed by atoms with Crippen LogP contribution in [0.3, 0.4) is 0 Å². The fourth-order valence-electron chi connectivity index (χ4n) is 8.17. The summed E-state index contributed by atoms with van der Waals surface area (Å²) in [4.78, 5) is 28.4. The highest BCUT2D eigenvalue weighted by atomic mass is 79.9. The van der Waals surface area contributed by atoms with E-state index in [1.165, 1.54) is 17.8 Å². The van der Waals surface area contributed by atoms with Crippen molar-refractivity contribution in [2.45, 2.75) is 102 Å². The molecule has 0 amide bonds. The van der Waals surface area contributed by atoms with Crippen LogP contribution < -0.4 is 16.0 Å². The summed E-state index contributed by atoms with van der Waals surface area (Å²) in [6, 6.07) is 18.3. The fourth-order valence-corrected chi connectivity index (χ4v) is 12.4. The van der Waals surface area contributed by atoms with Crippen molar-refractivity contribution < 1.29 is 18.9 Å². The average Bonchev–Trinajstić information content (AvgIpc) is 4.32. The van der Waals surface area contributed by atoms with E-state index in [2.05, 4.69) is 128 Å². The number of anilines is 5. The number of nitrogens with zero attached hydrogens (tertiary/aromatic N) is 13. The number of pyridine rings is 6. The Bertz CT molecular complexity index is 3340. The molecule has 9 aromatic heterocycles. The van der Waals surface area contributed by atoms with Crippen molar-refractivity contribution in [1.82, 2.24) is 60.5 Å². The maximum absolute atomic E-state index is 6.07. The van der Waals surface area contributed by atoms with Gasteiger partial charge in [-0.05, 0) is 147 Å². The molecule has 27 heteroatoms. The second-order valence-corrected chi connectivity index (χ2v) is 31.5. The molecule has 12 rings (SSSR count). The van der Waals surface area contributed by atoms with Crippen molar-refractivity contribution in [2.75, 3.05) is 49.1 Å². The second-order valence-electron chi connectivity index (χ2n) is 19.5. The zero-order valence-corrected chi connectivity index (χ0v) is 52.0. The molecule has 78 heavy (non-hydrogen) atoms. The minimum absolute atomic E-state index is 0.254. The fraction of sp³-hybridized carbons (Fsp3) is 0.412. The first kappa shape index (κ1) is 58.2. The molecule has 19 nitrogen and oxygen atoms in total. The molecule has 3 atom stereocenters. The van der Waals surface area contributed by atoms with Crippen molar-refractivity contribution in [3.63, 3.8) is 0 Å². The van der Waals surface area contributed by atoms with Gasteiger partial charge in [0.15, 0.2) is 0 Å². The van der Waals surface area contributed by atoms with Crippen LogP contribution >= 0.6 is 93.4 Å². The molecule has 3 unspecified atom stereocenters. The quantitative estimate of drug-likeness (QED) is 0.0420. The number of nitrogens with two attached hydrogens (primary N) is 1. The summed E-state index contributed by atoms with van der Waals surface area (Å²) in [6.45, 7) is 10.8. The Balaban J connectivity index is 0.000000137. The first-order chi connectivity index (χ1) is 37.7. The molecule has 3 aliphatic heterocycles. The Morgan fingerprint density at radius 1 is 0.628 bits per heavy atom. The summed E-state index contributed by atoms with van der Waals surface area (Å²) in [7, 11) is -1.16. The minimum atomic E-state index is -1.16. The van der Waals surface area contributed by atoms with E-state index in [-0.39, 0.29) is 12.2 Å². The van der Waals surface area contributed by atoms with E-state index in [0.717, 1.165) is 167 Å². The number of halogens is 4. The Kier molecular flexibility index (Phi) is 21.1. The van der Waals surface area contributed by atoms with E-state index in [1.54, 1.807) is 47.3 Å². The van der Waals surface area contributed by atoms with Crippen molar-refractivity contribution >= 4 is 162 Å². The Labute approximate surface area is 494 Å². The summed E-state index contributed by atoms with van der Waals surface area (Å²) >= 11 is 20.5. The van der Waals surface area contributed by atoms with Crippen LogP contribution in [0, 0.1) is 0 Å². The lowest BCUT2D eigenvalue weighted by Gasteiger charge is -2.22. The number of fused-ring (bicyclic) bond motifs is 3. The molecule has 0 radical (unpaired) electrons. The first-order valence-electron chi connectivity index (χ1n) is 25.4. The van der Waals surface area contributed by atoms with Crippen LogP contribution in [0.1, 0.15) is 53.5 Å². The first-order valence-corrected chi connectivity index (χ1v) is 34.3. The maximum Gasteiger partial charge on any atom is 0.215 e. The van der Waals surface area contributed by atoms with Gasteiger partial charge < -0.3 is 30.0 Å². The molecule has 9 aromatic rings. The molecule has 0 aromatic carbocycles. The number of rotatable bonds is 15. The van der Waals surface area contributed by atoms with Crippen molar-refractivity contribution in [1.29, 1.82) is 0 Å². The molecular formula is C51H57Br3ClN15O4S3Si. The highest BCUT2D eigenvalue weighted by Crippen LogP contribution is 2.31. The molecule has 12 heterocycles. The van der Waals surface area contributed by atoms with E-state index in [4.69, 9.17) is 41.3 Å². The monoisotopic (exact) mass is 1340 g/mol. The summed E-state index contributed by atoms with van der Waals surface area (Å²) in [6.07, 6.45) is 15.4. The molecule has 3 saturated heterocycles. The number of aromatic nitrogens is 12. The topological polar surface area (TPSA) is 233 Å². The lowest BCUT2D eigenvalue weighted by molar-refractivity contribution is 0.111. The SMILES string of the molecule is Brc1cnc2ccc(Nc3nnc(CC4CCCO4)s3)nc2c1.C[Si](C)(C)CCOCN(c1ccc2ncc(Br)cc2n1)c1nnc(CC2CCCO2)s1.Clc1ccc2ncc(Br)cc2n1.Nc1nnc(CC2CCCO2)s1. The summed E-state index contributed by atoms with van der Waals surface area (Å²) < 4.78 is 25.6. The molecular weight excluding hydrogens is 1290 g/mol. The average molecular weight is 1340 g/mol. The summed E-state index contributed by atoms with van der Waals surface area (Å²) in [5, 5.41) is 33.7. The van der Waals surface area contributed by atoms with Crippen LogP contribution in [0.5, 0.6) is 0 Å². The third-order valence-corrected chi connectivity index (χ3v) is 17.9. The van der Waals surface area contributed by atoms with Crippen molar-refractivity contribution in [2.24, 2.45) is 0 Å². The van der Waals surface area contributed by atoms with Gasteiger partial charge in [-0.3, -0.25) is 19.9 Å². The molecule has 410 valence electrons. The minimum Gasteiger partial charge on any atom is -0.378 e. The van der Waals surface area contributed by atoms with Crippen LogP contribution in [-0.2, 0) is 38.2 Å². The van der Waals surface area contributed by atoms with Gasteiger partial charge in [0.1, 0.15) is 38.5 Å². The van der Waals surface area contributed by atoms with Gasteiger partial charge in [0.2, 0.25) is 15.4 Å². The van der Waals surface area contributed by atoms with Crippen LogP contribution in [-0.4, -0.2) is 120 Å². The smallest absolute Gasteiger partial charge is 0.215 e. The van der Waals surface area contributed by atoms with E-state index in [9.17, 15) is 0 Å². The zero-order chi connectivity index (χ0) is 54.4. The molecule has 3 aliphatic rings. The molecule has 0 spiro atoms. The number of nitrogen functional groups attached to an aromatic ring is 1. The van der Waals surface area contributed by atoms with Crippen LogP contribution in [0.2, 0.25) is 30.8 Å². The van der Waals surface area contributed by atoms with Gasteiger partial charge in [0, 0.05) is 85.8 Å². The normalized spacial score (nSPS) is 17.1. The van der Waals surface area contributed by atoms with Crippen LogP contribution in [0.15, 0.2) is 86.6 Å². The van der Waals surface area contributed by atoms with Crippen LogP contribution in [0.4, 0.5) is 27.0 Å². The largest absolute Gasteiger partial charge is 0.378 e. The second kappa shape index (κ2) is 28.3. The van der Waals surface area contributed by atoms with E-state index >= 15 is 0 Å². The lowest BCUT2D eigenvalue weighted by atomic mass is 10.2. The van der Waals surface area contributed by atoms with Gasteiger partial charge in [-0.1, -0.05) is 65.3 Å².